The van der Waals surface area contributed by atoms with Crippen molar-refractivity contribution in [3.63, 3.8) is 0 Å². The lowest BCUT2D eigenvalue weighted by Gasteiger charge is -2.30. The van der Waals surface area contributed by atoms with Gasteiger partial charge < -0.3 is 5.32 Å². The second-order valence-electron chi connectivity index (χ2n) is 4.06. The van der Waals surface area contributed by atoms with E-state index in [1.807, 2.05) is 0 Å². The van der Waals surface area contributed by atoms with Gasteiger partial charge in [0, 0.05) is 11.8 Å². The number of nitrogens with one attached hydrogen (secondary N) is 1. The molecule has 1 saturated carbocycles. The fraction of sp³-hybridized carbons (Fsp3) is 0.889. The van der Waals surface area contributed by atoms with Crippen molar-refractivity contribution >= 4 is 28.5 Å². The van der Waals surface area contributed by atoms with Gasteiger partial charge in [-0.3, -0.25) is 4.79 Å². The Hall–Kier alpha value is 0.200. The standard InChI is InChI=1S/C9H14INO/c1-9(10)7-5-3-2-4-6(7)8(12)11-9/h6-7H,2-5H2,1H3,(H,11,12). The highest BCUT2D eigenvalue weighted by Crippen LogP contribution is 2.45. The summed E-state index contributed by atoms with van der Waals surface area (Å²) in [5, 5.41) is 3.08. The van der Waals surface area contributed by atoms with E-state index in [-0.39, 0.29) is 9.45 Å². The van der Waals surface area contributed by atoms with Gasteiger partial charge in [-0.05, 0) is 19.8 Å². The highest BCUT2D eigenvalue weighted by Gasteiger charge is 2.48. The van der Waals surface area contributed by atoms with E-state index in [1.165, 1.54) is 19.3 Å². The van der Waals surface area contributed by atoms with Crippen LogP contribution in [0.2, 0.25) is 0 Å². The molecule has 2 aliphatic rings. The van der Waals surface area contributed by atoms with Gasteiger partial charge in [0.1, 0.15) is 0 Å². The Morgan fingerprint density at radius 2 is 2.17 bits per heavy atom. The lowest BCUT2D eigenvalue weighted by atomic mass is 9.79. The van der Waals surface area contributed by atoms with Crippen molar-refractivity contribution < 1.29 is 4.79 Å². The molecule has 2 rings (SSSR count). The quantitative estimate of drug-likeness (QED) is 0.410. The largest absolute Gasteiger partial charge is 0.341 e. The van der Waals surface area contributed by atoms with Gasteiger partial charge in [-0.15, -0.1) is 0 Å². The molecule has 0 spiro atoms. The Morgan fingerprint density at radius 3 is 2.83 bits per heavy atom. The molecule has 1 aliphatic heterocycles. The molecule has 1 saturated heterocycles. The summed E-state index contributed by atoms with van der Waals surface area (Å²) in [6.45, 7) is 2.14. The van der Waals surface area contributed by atoms with E-state index in [0.29, 0.717) is 11.8 Å². The van der Waals surface area contributed by atoms with Crippen molar-refractivity contribution in [3.05, 3.63) is 0 Å². The van der Waals surface area contributed by atoms with Crippen LogP contribution in [-0.4, -0.2) is 9.45 Å². The van der Waals surface area contributed by atoms with Crippen LogP contribution in [0.25, 0.3) is 0 Å². The van der Waals surface area contributed by atoms with E-state index in [0.717, 1.165) is 6.42 Å². The van der Waals surface area contributed by atoms with Crippen molar-refractivity contribution in [2.75, 3.05) is 0 Å². The van der Waals surface area contributed by atoms with Crippen LogP contribution in [0.5, 0.6) is 0 Å². The van der Waals surface area contributed by atoms with Crippen LogP contribution in [0.3, 0.4) is 0 Å². The Balaban J connectivity index is 2.22. The van der Waals surface area contributed by atoms with Crippen LogP contribution in [0.1, 0.15) is 32.6 Å². The molecule has 0 aromatic rings. The van der Waals surface area contributed by atoms with Gasteiger partial charge in [-0.1, -0.05) is 35.4 Å². The van der Waals surface area contributed by atoms with Crippen molar-refractivity contribution in [1.29, 1.82) is 0 Å². The van der Waals surface area contributed by atoms with Crippen molar-refractivity contribution in [2.24, 2.45) is 11.8 Å². The zero-order valence-electron chi connectivity index (χ0n) is 7.27. The van der Waals surface area contributed by atoms with Crippen molar-refractivity contribution in [1.82, 2.24) is 5.32 Å². The highest BCUT2D eigenvalue weighted by atomic mass is 127. The summed E-state index contributed by atoms with van der Waals surface area (Å²) >= 11 is 2.38. The number of carbonyl (C=O) groups is 1. The van der Waals surface area contributed by atoms with E-state index in [2.05, 4.69) is 34.8 Å². The average Bonchev–Trinajstić information content (AvgIpc) is 2.25. The fourth-order valence-electron chi connectivity index (χ4n) is 2.52. The molecular weight excluding hydrogens is 265 g/mol. The van der Waals surface area contributed by atoms with Crippen LogP contribution >= 0.6 is 22.6 Å². The number of carbonyl (C=O) groups excluding carboxylic acids is 1. The van der Waals surface area contributed by atoms with Crippen LogP contribution in [0.15, 0.2) is 0 Å². The maximum atomic E-state index is 11.5. The van der Waals surface area contributed by atoms with Gasteiger partial charge in [-0.2, -0.15) is 0 Å². The van der Waals surface area contributed by atoms with E-state index in [1.54, 1.807) is 0 Å². The summed E-state index contributed by atoms with van der Waals surface area (Å²) < 4.78 is 0.0277. The molecule has 1 aliphatic carbocycles. The number of amides is 1. The molecule has 1 amide bonds. The van der Waals surface area contributed by atoms with Crippen LogP contribution < -0.4 is 5.32 Å². The number of alkyl halides is 1. The molecule has 1 N–H and O–H groups in total. The molecule has 1 heterocycles. The molecule has 0 aromatic carbocycles. The van der Waals surface area contributed by atoms with Gasteiger partial charge in [0.2, 0.25) is 5.91 Å². The number of rotatable bonds is 0. The molecule has 3 unspecified atom stereocenters. The second-order valence-corrected chi connectivity index (χ2v) is 6.30. The number of hydrogen-bond donors (Lipinski definition) is 1. The predicted molar refractivity (Wildman–Crippen MR) is 56.0 cm³/mol. The lowest BCUT2D eigenvalue weighted by Crippen LogP contribution is -2.36. The summed E-state index contributed by atoms with van der Waals surface area (Å²) in [6, 6.07) is 0. The molecular formula is C9H14INO. The second kappa shape index (κ2) is 2.86. The first-order valence-corrected chi connectivity index (χ1v) is 5.70. The molecule has 12 heavy (non-hydrogen) atoms. The topological polar surface area (TPSA) is 29.1 Å². The molecule has 0 aromatic heterocycles. The third kappa shape index (κ3) is 1.26. The minimum absolute atomic E-state index is 0.0277. The maximum absolute atomic E-state index is 11.5. The number of halogens is 1. The van der Waals surface area contributed by atoms with Gasteiger partial charge in [0.05, 0.1) is 3.55 Å². The molecule has 0 radical (unpaired) electrons. The lowest BCUT2D eigenvalue weighted by molar-refractivity contribution is -0.123. The summed E-state index contributed by atoms with van der Waals surface area (Å²) in [6.07, 6.45) is 4.87. The van der Waals surface area contributed by atoms with Gasteiger partial charge in [-0.25, -0.2) is 0 Å². The Labute approximate surface area is 86.6 Å². The van der Waals surface area contributed by atoms with Crippen LogP contribution in [0, 0.1) is 11.8 Å². The minimum atomic E-state index is 0.0277. The first kappa shape index (κ1) is 8.78. The molecule has 3 atom stereocenters. The van der Waals surface area contributed by atoms with Gasteiger partial charge in [0.25, 0.3) is 0 Å². The summed E-state index contributed by atoms with van der Waals surface area (Å²) in [4.78, 5) is 11.5. The minimum Gasteiger partial charge on any atom is -0.341 e. The average molecular weight is 279 g/mol. The van der Waals surface area contributed by atoms with Crippen molar-refractivity contribution in [2.45, 2.75) is 36.2 Å². The third-order valence-electron chi connectivity index (χ3n) is 3.17. The predicted octanol–water partition coefficient (Wildman–Crippen LogP) is 2.07. The monoisotopic (exact) mass is 279 g/mol. The first-order chi connectivity index (χ1) is 5.61. The molecule has 3 heteroatoms. The summed E-state index contributed by atoms with van der Waals surface area (Å²) in [5.74, 6) is 1.19. The Morgan fingerprint density at radius 1 is 1.50 bits per heavy atom. The zero-order valence-corrected chi connectivity index (χ0v) is 9.43. The normalized spacial score (nSPS) is 47.0. The first-order valence-electron chi connectivity index (χ1n) is 4.62. The SMILES string of the molecule is CC1(I)NC(=O)C2CCCCC21. The zero-order chi connectivity index (χ0) is 8.77. The fourth-order valence-corrected chi connectivity index (χ4v) is 3.53. The van der Waals surface area contributed by atoms with E-state index >= 15 is 0 Å². The van der Waals surface area contributed by atoms with Crippen LogP contribution in [-0.2, 0) is 4.79 Å². The molecule has 0 bridgehead atoms. The van der Waals surface area contributed by atoms with E-state index in [4.69, 9.17) is 0 Å². The summed E-state index contributed by atoms with van der Waals surface area (Å²) in [5.41, 5.74) is 0. The van der Waals surface area contributed by atoms with Gasteiger partial charge >= 0.3 is 0 Å². The van der Waals surface area contributed by atoms with Crippen molar-refractivity contribution in [3.8, 4) is 0 Å². The number of hydrogen-bond acceptors (Lipinski definition) is 1. The van der Waals surface area contributed by atoms with E-state index < -0.39 is 0 Å². The third-order valence-corrected chi connectivity index (χ3v) is 4.24. The molecule has 68 valence electrons. The maximum Gasteiger partial charge on any atom is 0.224 e. The molecule has 2 nitrogen and oxygen atoms in total. The number of fused-ring (bicyclic) bond motifs is 1. The van der Waals surface area contributed by atoms with E-state index in [9.17, 15) is 4.79 Å². The highest BCUT2D eigenvalue weighted by molar-refractivity contribution is 14.1. The van der Waals surface area contributed by atoms with Crippen LogP contribution in [0.4, 0.5) is 0 Å². The molecule has 2 fully saturated rings. The van der Waals surface area contributed by atoms with Gasteiger partial charge in [0.15, 0.2) is 0 Å². The smallest absolute Gasteiger partial charge is 0.224 e. The Kier molecular flexibility index (Phi) is 2.09. The Bertz CT molecular complexity index is 215. The summed E-state index contributed by atoms with van der Waals surface area (Å²) in [7, 11) is 0.